The van der Waals surface area contributed by atoms with E-state index in [4.69, 9.17) is 0 Å². The minimum Gasteiger partial charge on any atom is -0.341 e. The van der Waals surface area contributed by atoms with Crippen LogP contribution < -0.4 is 4.90 Å². The smallest absolute Gasteiger partial charge is 0.125 e. The molecule has 2 nitrogen and oxygen atoms in total. The van der Waals surface area contributed by atoms with Crippen LogP contribution in [0.1, 0.15) is 18.7 Å². The number of fused-ring (bicyclic) bond motifs is 1. The predicted octanol–water partition coefficient (Wildman–Crippen LogP) is 0.0774. The molecule has 1 aliphatic rings. The lowest BCUT2D eigenvalue weighted by Gasteiger charge is -2.28. The molecule has 2 heteroatoms. The summed E-state index contributed by atoms with van der Waals surface area (Å²) in [4.78, 5) is 1.62. The molecule has 0 amide bonds. The molecule has 0 radical (unpaired) electrons. The summed E-state index contributed by atoms with van der Waals surface area (Å²) in [5.41, 5.74) is 1.48. The molecule has 11 heavy (non-hydrogen) atoms. The first kappa shape index (κ1) is 6.92. The molecule has 0 aromatic carbocycles. The van der Waals surface area contributed by atoms with Crippen LogP contribution in [0.3, 0.4) is 0 Å². The van der Waals surface area contributed by atoms with Crippen LogP contribution in [0.5, 0.6) is 0 Å². The van der Waals surface area contributed by atoms with Crippen molar-refractivity contribution in [2.75, 3.05) is 13.6 Å². The highest BCUT2D eigenvalue weighted by Gasteiger charge is 2.22. The molecular weight excluding hydrogens is 136 g/mol. The molecule has 0 fully saturated rings. The van der Waals surface area contributed by atoms with Crippen molar-refractivity contribution in [3.8, 4) is 0 Å². The zero-order valence-electron chi connectivity index (χ0n) is 7.17. The van der Waals surface area contributed by atoms with Gasteiger partial charge in [0, 0.05) is 6.20 Å². The van der Waals surface area contributed by atoms with Gasteiger partial charge in [-0.1, -0.05) is 0 Å². The Hall–Kier alpha value is -0.760. The Morgan fingerprint density at radius 2 is 2.45 bits per heavy atom. The summed E-state index contributed by atoms with van der Waals surface area (Å²) in [5, 5.41) is 0. The van der Waals surface area contributed by atoms with Crippen molar-refractivity contribution in [2.24, 2.45) is 0 Å². The summed E-state index contributed by atoms with van der Waals surface area (Å²) in [6, 6.07) is 5.04. The Balaban J connectivity index is 2.38. The molecule has 2 atom stereocenters. The van der Waals surface area contributed by atoms with Gasteiger partial charge in [0.05, 0.1) is 25.8 Å². The molecule has 1 aromatic heterocycles. The third kappa shape index (κ3) is 0.979. The highest BCUT2D eigenvalue weighted by Crippen LogP contribution is 2.12. The fourth-order valence-corrected chi connectivity index (χ4v) is 1.79. The van der Waals surface area contributed by atoms with E-state index in [1.54, 1.807) is 4.90 Å². The largest absolute Gasteiger partial charge is 0.341 e. The van der Waals surface area contributed by atoms with Gasteiger partial charge in [-0.25, -0.2) is 0 Å². The van der Waals surface area contributed by atoms with Gasteiger partial charge in [0.15, 0.2) is 0 Å². The Morgan fingerprint density at radius 3 is 3.27 bits per heavy atom. The number of likely N-dealkylation sites (N-methyl/N-ethyl adjacent to an activating group) is 1. The van der Waals surface area contributed by atoms with Gasteiger partial charge in [-0.15, -0.1) is 0 Å². The second-order valence-corrected chi connectivity index (χ2v) is 3.44. The van der Waals surface area contributed by atoms with Gasteiger partial charge >= 0.3 is 0 Å². The second-order valence-electron chi connectivity index (χ2n) is 3.44. The van der Waals surface area contributed by atoms with E-state index in [9.17, 15) is 0 Å². The highest BCUT2D eigenvalue weighted by molar-refractivity contribution is 5.10. The summed E-state index contributed by atoms with van der Waals surface area (Å²) < 4.78 is 2.36. The fourth-order valence-electron chi connectivity index (χ4n) is 1.79. The Bertz CT molecular complexity index is 252. The van der Waals surface area contributed by atoms with Crippen molar-refractivity contribution in [3.05, 3.63) is 24.0 Å². The van der Waals surface area contributed by atoms with Crippen LogP contribution in [-0.2, 0) is 6.54 Å². The van der Waals surface area contributed by atoms with Gasteiger partial charge in [0.2, 0.25) is 0 Å². The third-order valence-electron chi connectivity index (χ3n) is 2.79. The van der Waals surface area contributed by atoms with Crippen LogP contribution in [-0.4, -0.2) is 18.2 Å². The molecule has 0 bridgehead atoms. The molecule has 0 saturated carbocycles. The van der Waals surface area contributed by atoms with Crippen molar-refractivity contribution in [1.82, 2.24) is 4.57 Å². The molecule has 0 saturated heterocycles. The SMILES string of the molecule is CC1c2cccn2CC[NH+]1C. The van der Waals surface area contributed by atoms with Crippen molar-refractivity contribution in [3.63, 3.8) is 0 Å². The van der Waals surface area contributed by atoms with Crippen LogP contribution in [0.2, 0.25) is 0 Å². The number of hydrogen-bond acceptors (Lipinski definition) is 0. The lowest BCUT2D eigenvalue weighted by molar-refractivity contribution is -0.914. The molecule has 1 N–H and O–H groups in total. The van der Waals surface area contributed by atoms with E-state index < -0.39 is 0 Å². The number of nitrogens with zero attached hydrogens (tertiary/aromatic N) is 1. The molecule has 2 heterocycles. The van der Waals surface area contributed by atoms with Crippen LogP contribution >= 0.6 is 0 Å². The molecule has 2 rings (SSSR count). The molecule has 0 aliphatic carbocycles. The molecule has 60 valence electrons. The van der Waals surface area contributed by atoms with Crippen LogP contribution in [0.25, 0.3) is 0 Å². The zero-order chi connectivity index (χ0) is 7.84. The maximum absolute atomic E-state index is 2.36. The van der Waals surface area contributed by atoms with Crippen molar-refractivity contribution in [2.45, 2.75) is 19.5 Å². The summed E-state index contributed by atoms with van der Waals surface area (Å²) in [6.45, 7) is 4.72. The van der Waals surface area contributed by atoms with Crippen molar-refractivity contribution in [1.29, 1.82) is 0 Å². The number of nitrogens with one attached hydrogen (secondary N) is 1. The Morgan fingerprint density at radius 1 is 1.64 bits per heavy atom. The molecular formula is C9H15N2+. The van der Waals surface area contributed by atoms with Gasteiger partial charge in [-0.2, -0.15) is 0 Å². The Kier molecular flexibility index (Phi) is 1.50. The normalized spacial score (nSPS) is 30.0. The van der Waals surface area contributed by atoms with E-state index in [0.717, 1.165) is 0 Å². The van der Waals surface area contributed by atoms with E-state index in [0.29, 0.717) is 6.04 Å². The zero-order valence-corrected chi connectivity index (χ0v) is 7.17. The van der Waals surface area contributed by atoms with E-state index in [2.05, 4.69) is 36.9 Å². The quantitative estimate of drug-likeness (QED) is 0.538. The molecule has 1 aromatic rings. The minimum absolute atomic E-state index is 0.666. The highest BCUT2D eigenvalue weighted by atomic mass is 15.2. The lowest BCUT2D eigenvalue weighted by Crippen LogP contribution is -3.10. The molecule has 1 aliphatic heterocycles. The van der Waals surface area contributed by atoms with Crippen molar-refractivity contribution >= 4 is 0 Å². The average molecular weight is 151 g/mol. The first-order valence-corrected chi connectivity index (χ1v) is 4.26. The number of hydrogen-bond donors (Lipinski definition) is 1. The van der Waals surface area contributed by atoms with Crippen LogP contribution in [0, 0.1) is 0 Å². The monoisotopic (exact) mass is 151 g/mol. The molecule has 2 unspecified atom stereocenters. The second kappa shape index (κ2) is 2.38. The Labute approximate surface area is 67.4 Å². The first-order valence-electron chi connectivity index (χ1n) is 4.26. The lowest BCUT2D eigenvalue weighted by atomic mass is 10.2. The fraction of sp³-hybridized carbons (Fsp3) is 0.556. The van der Waals surface area contributed by atoms with E-state index >= 15 is 0 Å². The van der Waals surface area contributed by atoms with E-state index in [1.807, 2.05) is 0 Å². The summed E-state index contributed by atoms with van der Waals surface area (Å²) >= 11 is 0. The number of quaternary nitrogens is 1. The number of rotatable bonds is 0. The maximum Gasteiger partial charge on any atom is 0.125 e. The van der Waals surface area contributed by atoms with E-state index in [1.165, 1.54) is 18.8 Å². The van der Waals surface area contributed by atoms with Gasteiger partial charge in [-0.3, -0.25) is 0 Å². The summed E-state index contributed by atoms with van der Waals surface area (Å²) in [5.74, 6) is 0. The molecule has 0 spiro atoms. The van der Waals surface area contributed by atoms with Gasteiger partial charge in [0.1, 0.15) is 6.04 Å². The maximum atomic E-state index is 2.36. The summed E-state index contributed by atoms with van der Waals surface area (Å²) in [6.07, 6.45) is 2.18. The predicted molar refractivity (Wildman–Crippen MR) is 44.6 cm³/mol. The van der Waals surface area contributed by atoms with Gasteiger partial charge in [-0.05, 0) is 19.1 Å². The topological polar surface area (TPSA) is 9.37 Å². The average Bonchev–Trinajstić information content (AvgIpc) is 2.45. The number of aromatic nitrogens is 1. The van der Waals surface area contributed by atoms with Crippen molar-refractivity contribution < 1.29 is 4.90 Å². The minimum atomic E-state index is 0.666. The van der Waals surface area contributed by atoms with E-state index in [-0.39, 0.29) is 0 Å². The third-order valence-corrected chi connectivity index (χ3v) is 2.79. The van der Waals surface area contributed by atoms with Crippen LogP contribution in [0.15, 0.2) is 18.3 Å². The standard InChI is InChI=1S/C9H14N2/c1-8-9-4-3-5-11(9)7-6-10(8)2/h3-5,8H,6-7H2,1-2H3/p+1. The van der Waals surface area contributed by atoms with Gasteiger partial charge < -0.3 is 9.47 Å². The van der Waals surface area contributed by atoms with Crippen LogP contribution in [0.4, 0.5) is 0 Å². The first-order chi connectivity index (χ1) is 5.29. The summed E-state index contributed by atoms with van der Waals surface area (Å²) in [7, 11) is 2.27. The van der Waals surface area contributed by atoms with Gasteiger partial charge in [0.25, 0.3) is 0 Å².